The van der Waals surface area contributed by atoms with E-state index in [1.165, 1.54) is 18.3 Å². The summed E-state index contributed by atoms with van der Waals surface area (Å²) in [7, 11) is 1.63. The Morgan fingerprint density at radius 1 is 1.14 bits per heavy atom. The average molecular weight is 413 g/mol. The van der Waals surface area contributed by atoms with Crippen molar-refractivity contribution in [1.82, 2.24) is 4.57 Å². The Balaban J connectivity index is 1.81. The third kappa shape index (κ3) is 5.75. The van der Waals surface area contributed by atoms with E-state index in [9.17, 15) is 9.59 Å². The molecule has 8 heteroatoms. The summed E-state index contributed by atoms with van der Waals surface area (Å²) in [5.41, 5.74) is 1.65. The van der Waals surface area contributed by atoms with Gasteiger partial charge in [-0.3, -0.25) is 9.59 Å². The smallest absolute Gasteiger partial charge is 0.251 e. The number of thiazole rings is 1. The van der Waals surface area contributed by atoms with E-state index in [0.29, 0.717) is 23.6 Å². The van der Waals surface area contributed by atoms with E-state index >= 15 is 0 Å². The van der Waals surface area contributed by atoms with Gasteiger partial charge in [-0.05, 0) is 30.3 Å². The van der Waals surface area contributed by atoms with Crippen molar-refractivity contribution in [2.24, 2.45) is 4.99 Å². The van der Waals surface area contributed by atoms with Gasteiger partial charge < -0.3 is 19.4 Å². The van der Waals surface area contributed by atoms with Crippen molar-refractivity contribution in [1.29, 1.82) is 0 Å². The number of fused-ring (bicyclic) bond motifs is 1. The SMILES string of the molecule is COCCn1c(=NC(=O)CCOc2ccccc2)sc2cc(NC(C)=O)ccc21. The van der Waals surface area contributed by atoms with Gasteiger partial charge in [-0.2, -0.15) is 4.99 Å². The maximum Gasteiger partial charge on any atom is 0.251 e. The number of ether oxygens (including phenoxy) is 2. The molecule has 29 heavy (non-hydrogen) atoms. The zero-order valence-corrected chi connectivity index (χ0v) is 17.2. The molecule has 1 aromatic heterocycles. The minimum atomic E-state index is -0.249. The molecule has 0 saturated heterocycles. The van der Waals surface area contributed by atoms with Crippen LogP contribution in [0.15, 0.2) is 53.5 Å². The molecule has 0 radical (unpaired) electrons. The van der Waals surface area contributed by atoms with Crippen LogP contribution in [0.5, 0.6) is 5.75 Å². The molecule has 1 heterocycles. The Hall–Kier alpha value is -2.97. The first-order valence-corrected chi connectivity index (χ1v) is 10.0. The number of nitrogens with one attached hydrogen (secondary N) is 1. The number of methoxy groups -OCH3 is 1. The number of hydrogen-bond donors (Lipinski definition) is 1. The van der Waals surface area contributed by atoms with Gasteiger partial charge in [0.05, 0.1) is 29.9 Å². The van der Waals surface area contributed by atoms with Crippen LogP contribution < -0.4 is 14.9 Å². The van der Waals surface area contributed by atoms with Crippen molar-refractivity contribution in [2.45, 2.75) is 19.9 Å². The number of nitrogens with zero attached hydrogens (tertiary/aromatic N) is 2. The maximum absolute atomic E-state index is 12.4. The molecule has 0 unspecified atom stereocenters. The highest BCUT2D eigenvalue weighted by Gasteiger charge is 2.10. The number of carbonyl (C=O) groups excluding carboxylic acids is 2. The molecule has 0 aliphatic heterocycles. The summed E-state index contributed by atoms with van der Waals surface area (Å²) in [5.74, 6) is 0.343. The zero-order valence-electron chi connectivity index (χ0n) is 16.4. The summed E-state index contributed by atoms with van der Waals surface area (Å²) in [4.78, 5) is 28.6. The van der Waals surface area contributed by atoms with Crippen molar-refractivity contribution in [2.75, 3.05) is 25.6 Å². The Kier molecular flexibility index (Phi) is 7.15. The maximum atomic E-state index is 12.4. The number of amides is 2. The number of aromatic nitrogens is 1. The van der Waals surface area contributed by atoms with E-state index in [4.69, 9.17) is 9.47 Å². The standard InChI is InChI=1S/C21H23N3O4S/c1-15(25)22-16-8-9-18-19(14-16)29-21(24(18)11-13-27-2)23-20(26)10-12-28-17-6-4-3-5-7-17/h3-9,14H,10-13H2,1-2H3,(H,22,25). The minimum Gasteiger partial charge on any atom is -0.493 e. The molecular weight excluding hydrogens is 390 g/mol. The van der Waals surface area contributed by atoms with Crippen molar-refractivity contribution in [3.63, 3.8) is 0 Å². The molecular formula is C21H23N3O4S. The van der Waals surface area contributed by atoms with Crippen LogP contribution >= 0.6 is 11.3 Å². The monoisotopic (exact) mass is 413 g/mol. The topological polar surface area (TPSA) is 81.9 Å². The lowest BCUT2D eigenvalue weighted by Crippen LogP contribution is -2.19. The van der Waals surface area contributed by atoms with E-state index in [1.54, 1.807) is 7.11 Å². The molecule has 2 aromatic carbocycles. The number of para-hydroxylation sites is 1. The number of anilines is 1. The molecule has 0 fully saturated rings. The molecule has 0 aliphatic carbocycles. The fourth-order valence-electron chi connectivity index (χ4n) is 2.77. The van der Waals surface area contributed by atoms with Crippen molar-refractivity contribution in [3.8, 4) is 5.75 Å². The summed E-state index contributed by atoms with van der Waals surface area (Å²) in [5, 5.41) is 2.77. The second-order valence-corrected chi connectivity index (χ2v) is 7.32. The summed E-state index contributed by atoms with van der Waals surface area (Å²) in [6.45, 7) is 2.80. The van der Waals surface area contributed by atoms with Crippen LogP contribution in [-0.2, 0) is 20.9 Å². The lowest BCUT2D eigenvalue weighted by Gasteiger charge is -2.06. The van der Waals surface area contributed by atoms with Crippen LogP contribution in [-0.4, -0.2) is 36.7 Å². The van der Waals surface area contributed by atoms with Gasteiger partial charge in [-0.15, -0.1) is 0 Å². The zero-order chi connectivity index (χ0) is 20.6. The average Bonchev–Trinajstić information content (AvgIpc) is 3.02. The Morgan fingerprint density at radius 2 is 1.93 bits per heavy atom. The van der Waals surface area contributed by atoms with Crippen molar-refractivity contribution >= 4 is 39.1 Å². The molecule has 0 spiro atoms. The van der Waals surface area contributed by atoms with Gasteiger partial charge in [0.2, 0.25) is 5.91 Å². The van der Waals surface area contributed by atoms with Gasteiger partial charge in [-0.1, -0.05) is 29.5 Å². The molecule has 0 bridgehead atoms. The van der Waals surface area contributed by atoms with Crippen molar-refractivity contribution in [3.05, 3.63) is 53.3 Å². The van der Waals surface area contributed by atoms with Crippen molar-refractivity contribution < 1.29 is 19.1 Å². The summed E-state index contributed by atoms with van der Waals surface area (Å²) >= 11 is 1.40. The second-order valence-electron chi connectivity index (χ2n) is 6.31. The van der Waals surface area contributed by atoms with Crippen LogP contribution in [0.25, 0.3) is 10.2 Å². The lowest BCUT2D eigenvalue weighted by atomic mass is 10.3. The first-order chi connectivity index (χ1) is 14.1. The highest BCUT2D eigenvalue weighted by atomic mass is 32.1. The third-order valence-corrected chi connectivity index (χ3v) is 5.11. The first kappa shape index (κ1) is 20.8. The Labute approximate surface area is 172 Å². The predicted molar refractivity (Wildman–Crippen MR) is 113 cm³/mol. The minimum absolute atomic E-state index is 0.133. The van der Waals surface area contributed by atoms with Gasteiger partial charge >= 0.3 is 0 Å². The second kappa shape index (κ2) is 9.99. The van der Waals surface area contributed by atoms with Gasteiger partial charge in [0.25, 0.3) is 5.91 Å². The summed E-state index contributed by atoms with van der Waals surface area (Å²) < 4.78 is 13.7. The predicted octanol–water partition coefficient (Wildman–Crippen LogP) is 3.20. The van der Waals surface area contributed by atoms with E-state index in [0.717, 1.165) is 16.0 Å². The van der Waals surface area contributed by atoms with Crippen LogP contribution in [0.1, 0.15) is 13.3 Å². The normalized spacial score (nSPS) is 11.6. The first-order valence-electron chi connectivity index (χ1n) is 9.22. The van der Waals surface area contributed by atoms with E-state index in [1.807, 2.05) is 53.1 Å². The molecule has 7 nitrogen and oxygen atoms in total. The molecule has 2 amide bonds. The molecule has 152 valence electrons. The van der Waals surface area contributed by atoms with E-state index in [-0.39, 0.29) is 24.8 Å². The van der Waals surface area contributed by atoms with Gasteiger partial charge in [-0.25, -0.2) is 0 Å². The largest absolute Gasteiger partial charge is 0.493 e. The van der Waals surface area contributed by atoms with Crippen LogP contribution in [0, 0.1) is 0 Å². The Morgan fingerprint density at radius 3 is 2.66 bits per heavy atom. The Bertz CT molecular complexity index is 1060. The highest BCUT2D eigenvalue weighted by molar-refractivity contribution is 7.16. The van der Waals surface area contributed by atoms with Gasteiger partial charge in [0, 0.05) is 26.3 Å². The van der Waals surface area contributed by atoms with E-state index < -0.39 is 0 Å². The molecule has 3 rings (SSSR count). The molecule has 0 saturated carbocycles. The summed E-state index contributed by atoms with van der Waals surface area (Å²) in [6.07, 6.45) is 0.185. The molecule has 1 N–H and O–H groups in total. The van der Waals surface area contributed by atoms with Crippen LogP contribution in [0.4, 0.5) is 5.69 Å². The van der Waals surface area contributed by atoms with Gasteiger partial charge in [0.1, 0.15) is 5.75 Å². The number of carbonyl (C=O) groups is 2. The number of benzene rings is 2. The third-order valence-electron chi connectivity index (χ3n) is 4.07. The number of hydrogen-bond acceptors (Lipinski definition) is 5. The fourth-order valence-corrected chi connectivity index (χ4v) is 3.89. The molecule has 0 atom stereocenters. The molecule has 0 aliphatic rings. The highest BCUT2D eigenvalue weighted by Crippen LogP contribution is 2.22. The van der Waals surface area contributed by atoms with Crippen LogP contribution in [0.2, 0.25) is 0 Å². The quantitative estimate of drug-likeness (QED) is 0.615. The lowest BCUT2D eigenvalue weighted by molar-refractivity contribution is -0.118. The number of rotatable bonds is 8. The van der Waals surface area contributed by atoms with Gasteiger partial charge in [0.15, 0.2) is 4.80 Å². The molecule has 3 aromatic rings. The van der Waals surface area contributed by atoms with E-state index in [2.05, 4.69) is 10.3 Å². The summed E-state index contributed by atoms with van der Waals surface area (Å²) in [6, 6.07) is 15.0. The van der Waals surface area contributed by atoms with Crippen LogP contribution in [0.3, 0.4) is 0 Å². The fraction of sp³-hybridized carbons (Fsp3) is 0.286.